The number of alkyl halides is 2. The third kappa shape index (κ3) is 4.52. The Kier molecular flexibility index (Phi) is 6.27. The number of ether oxygens (including phenoxy) is 2. The molecule has 0 spiro atoms. The number of morpholine rings is 1. The first kappa shape index (κ1) is 22.5. The second-order valence-electron chi connectivity index (χ2n) is 8.49. The van der Waals surface area contributed by atoms with Crippen molar-refractivity contribution in [2.75, 3.05) is 31.2 Å². The van der Waals surface area contributed by atoms with Gasteiger partial charge in [0.05, 0.1) is 30.2 Å². The Hall–Kier alpha value is -3.34. The molecule has 1 aliphatic carbocycles. The topological polar surface area (TPSA) is 103 Å². The number of aromatic nitrogens is 4. The first-order valence-electron chi connectivity index (χ1n) is 11.4. The van der Waals surface area contributed by atoms with Gasteiger partial charge >= 0.3 is 5.97 Å². The molecule has 3 heterocycles. The summed E-state index contributed by atoms with van der Waals surface area (Å²) in [6, 6.07) is 8.46. The monoisotopic (exact) mass is 473 g/mol. The molecule has 9 nitrogen and oxygen atoms in total. The quantitative estimate of drug-likeness (QED) is 0.579. The SMILES string of the molecule is O=C(O)[C@H]1CC[C@H](Oc2cc(-n3c(C(F)F)nc4ccccc43)nc(N3CCOCC3)n2)CC1. The third-order valence-corrected chi connectivity index (χ3v) is 6.29. The van der Waals surface area contributed by atoms with Crippen LogP contribution in [0.3, 0.4) is 0 Å². The van der Waals surface area contributed by atoms with Gasteiger partial charge in [0.15, 0.2) is 5.82 Å². The Labute approximate surface area is 194 Å². The highest BCUT2D eigenvalue weighted by atomic mass is 19.3. The van der Waals surface area contributed by atoms with Crippen LogP contribution >= 0.6 is 0 Å². The van der Waals surface area contributed by atoms with Crippen molar-refractivity contribution in [2.45, 2.75) is 38.2 Å². The second-order valence-corrected chi connectivity index (χ2v) is 8.49. The molecule has 2 fully saturated rings. The number of benzene rings is 1. The molecular formula is C23H25F2N5O4. The van der Waals surface area contributed by atoms with Gasteiger partial charge in [-0.15, -0.1) is 0 Å². The van der Waals surface area contributed by atoms with E-state index in [1.165, 1.54) is 4.57 Å². The minimum absolute atomic E-state index is 0.204. The normalized spacial score (nSPS) is 21.2. The molecule has 2 aromatic heterocycles. The summed E-state index contributed by atoms with van der Waals surface area (Å²) in [5.41, 5.74) is 0.955. The maximum atomic E-state index is 13.9. The van der Waals surface area contributed by atoms with Crippen molar-refractivity contribution in [1.82, 2.24) is 19.5 Å². The van der Waals surface area contributed by atoms with E-state index in [1.807, 2.05) is 4.90 Å². The Bertz CT molecular complexity index is 1170. The van der Waals surface area contributed by atoms with Gasteiger partial charge in [0.2, 0.25) is 11.8 Å². The zero-order valence-electron chi connectivity index (χ0n) is 18.4. The third-order valence-electron chi connectivity index (χ3n) is 6.29. The van der Waals surface area contributed by atoms with Crippen molar-refractivity contribution < 1.29 is 28.2 Å². The number of carbonyl (C=O) groups is 1. The molecule has 180 valence electrons. The van der Waals surface area contributed by atoms with Gasteiger partial charge in [-0.05, 0) is 37.8 Å². The summed E-state index contributed by atoms with van der Waals surface area (Å²) in [6.07, 6.45) is -0.792. The van der Waals surface area contributed by atoms with Crippen molar-refractivity contribution in [3.63, 3.8) is 0 Å². The van der Waals surface area contributed by atoms with Gasteiger partial charge in [0.1, 0.15) is 11.9 Å². The zero-order chi connectivity index (χ0) is 23.7. The summed E-state index contributed by atoms with van der Waals surface area (Å²) < 4.78 is 40.8. The summed E-state index contributed by atoms with van der Waals surface area (Å²) in [5.74, 6) is -0.675. The van der Waals surface area contributed by atoms with E-state index in [1.54, 1.807) is 30.3 Å². The predicted octanol–water partition coefficient (Wildman–Crippen LogP) is 3.61. The van der Waals surface area contributed by atoms with Crippen LogP contribution in [0.1, 0.15) is 37.9 Å². The molecule has 1 saturated heterocycles. The zero-order valence-corrected chi connectivity index (χ0v) is 18.4. The maximum Gasteiger partial charge on any atom is 0.306 e. The van der Waals surface area contributed by atoms with Crippen LogP contribution in [0.4, 0.5) is 14.7 Å². The average Bonchev–Trinajstić information content (AvgIpc) is 3.25. The molecule has 1 N–H and O–H groups in total. The van der Waals surface area contributed by atoms with Gasteiger partial charge in [-0.25, -0.2) is 13.8 Å². The molecule has 34 heavy (non-hydrogen) atoms. The van der Waals surface area contributed by atoms with Gasteiger partial charge in [-0.2, -0.15) is 9.97 Å². The van der Waals surface area contributed by atoms with Gasteiger partial charge < -0.3 is 19.5 Å². The largest absolute Gasteiger partial charge is 0.481 e. The molecule has 1 aromatic carbocycles. The minimum atomic E-state index is -2.80. The van der Waals surface area contributed by atoms with E-state index in [0.717, 1.165) is 0 Å². The van der Waals surface area contributed by atoms with Gasteiger partial charge in [-0.1, -0.05) is 12.1 Å². The predicted molar refractivity (Wildman–Crippen MR) is 119 cm³/mol. The van der Waals surface area contributed by atoms with Crippen LogP contribution in [0.5, 0.6) is 5.88 Å². The molecule has 1 aliphatic heterocycles. The fraction of sp³-hybridized carbons (Fsp3) is 0.478. The van der Waals surface area contributed by atoms with Crippen molar-refractivity contribution in [3.8, 4) is 11.7 Å². The van der Waals surface area contributed by atoms with Crippen LogP contribution < -0.4 is 9.64 Å². The summed E-state index contributed by atoms with van der Waals surface area (Å²) in [7, 11) is 0. The number of carboxylic acid groups (broad SMARTS) is 1. The van der Waals surface area contributed by atoms with Crippen LogP contribution in [-0.4, -0.2) is 63.0 Å². The van der Waals surface area contributed by atoms with E-state index >= 15 is 0 Å². The van der Waals surface area contributed by atoms with E-state index < -0.39 is 18.2 Å². The van der Waals surface area contributed by atoms with Gasteiger partial charge in [-0.3, -0.25) is 9.36 Å². The number of anilines is 1. The van der Waals surface area contributed by atoms with E-state index in [4.69, 9.17) is 9.47 Å². The molecule has 1 saturated carbocycles. The van der Waals surface area contributed by atoms with Crippen LogP contribution in [0.15, 0.2) is 30.3 Å². The lowest BCUT2D eigenvalue weighted by molar-refractivity contribution is -0.143. The number of hydrogen-bond acceptors (Lipinski definition) is 7. The molecule has 0 unspecified atom stereocenters. The molecule has 3 aromatic rings. The number of hydrogen-bond donors (Lipinski definition) is 1. The molecule has 2 aliphatic rings. The van der Waals surface area contributed by atoms with Crippen LogP contribution in [0, 0.1) is 5.92 Å². The second kappa shape index (κ2) is 9.49. The van der Waals surface area contributed by atoms with Gasteiger partial charge in [0.25, 0.3) is 6.43 Å². The van der Waals surface area contributed by atoms with E-state index in [2.05, 4.69) is 15.0 Å². The fourth-order valence-corrected chi connectivity index (χ4v) is 4.51. The fourth-order valence-electron chi connectivity index (χ4n) is 4.51. The first-order chi connectivity index (χ1) is 16.5. The molecule has 0 amide bonds. The molecular weight excluding hydrogens is 448 g/mol. The Morgan fingerprint density at radius 1 is 1.09 bits per heavy atom. The van der Waals surface area contributed by atoms with Crippen LogP contribution in [0.2, 0.25) is 0 Å². The Morgan fingerprint density at radius 3 is 2.53 bits per heavy atom. The molecule has 0 atom stereocenters. The van der Waals surface area contributed by atoms with E-state index in [9.17, 15) is 18.7 Å². The van der Waals surface area contributed by atoms with Crippen molar-refractivity contribution in [2.24, 2.45) is 5.92 Å². The molecule has 0 radical (unpaired) electrons. The lowest BCUT2D eigenvalue weighted by Crippen LogP contribution is -2.37. The molecule has 0 bridgehead atoms. The van der Waals surface area contributed by atoms with Crippen LogP contribution in [-0.2, 0) is 9.53 Å². The summed E-state index contributed by atoms with van der Waals surface area (Å²) in [4.78, 5) is 26.5. The highest BCUT2D eigenvalue weighted by molar-refractivity contribution is 5.78. The number of aliphatic carboxylic acids is 1. The standard InChI is InChI=1S/C23H25F2N5O4/c24-20(25)21-26-16-3-1-2-4-17(16)30(21)18-13-19(28-23(27-18)29-9-11-33-12-10-29)34-15-7-5-14(6-8-15)22(31)32/h1-4,13-15,20H,5-12H2,(H,31,32)/t14-,15-. The number of imidazole rings is 1. The summed E-state index contributed by atoms with van der Waals surface area (Å²) >= 11 is 0. The number of fused-ring (bicyclic) bond motifs is 1. The Balaban J connectivity index is 1.53. The summed E-state index contributed by atoms with van der Waals surface area (Å²) in [6.45, 7) is 2.16. The lowest BCUT2D eigenvalue weighted by Gasteiger charge is -2.29. The van der Waals surface area contributed by atoms with Crippen molar-refractivity contribution in [1.29, 1.82) is 0 Å². The number of rotatable bonds is 6. The maximum absolute atomic E-state index is 13.9. The number of carboxylic acids is 1. The molecule has 5 rings (SSSR count). The number of halogens is 2. The van der Waals surface area contributed by atoms with Crippen LogP contribution in [0.25, 0.3) is 16.9 Å². The van der Waals surface area contributed by atoms with E-state index in [0.29, 0.717) is 69.0 Å². The Morgan fingerprint density at radius 2 is 1.82 bits per heavy atom. The first-order valence-corrected chi connectivity index (χ1v) is 11.4. The number of para-hydroxylation sites is 2. The highest BCUT2D eigenvalue weighted by Gasteiger charge is 2.28. The highest BCUT2D eigenvalue weighted by Crippen LogP contribution is 2.31. The van der Waals surface area contributed by atoms with Crippen molar-refractivity contribution in [3.05, 3.63) is 36.2 Å². The minimum Gasteiger partial charge on any atom is -0.481 e. The average molecular weight is 473 g/mol. The molecule has 11 heteroatoms. The van der Waals surface area contributed by atoms with Crippen molar-refractivity contribution >= 4 is 23.0 Å². The smallest absolute Gasteiger partial charge is 0.306 e. The van der Waals surface area contributed by atoms with Gasteiger partial charge in [0, 0.05) is 19.2 Å². The summed E-state index contributed by atoms with van der Waals surface area (Å²) in [5, 5.41) is 9.25. The lowest BCUT2D eigenvalue weighted by atomic mass is 9.87. The van der Waals surface area contributed by atoms with E-state index in [-0.39, 0.29) is 23.7 Å². The number of nitrogens with zero attached hydrogens (tertiary/aromatic N) is 5.